The molecule has 2 amide bonds. The summed E-state index contributed by atoms with van der Waals surface area (Å²) in [5.41, 5.74) is 0.872. The lowest BCUT2D eigenvalue weighted by Crippen LogP contribution is -2.45. The molecule has 0 unspecified atom stereocenters. The van der Waals surface area contributed by atoms with Gasteiger partial charge in [0.1, 0.15) is 11.8 Å². The van der Waals surface area contributed by atoms with Crippen LogP contribution in [0.1, 0.15) is 12.5 Å². The van der Waals surface area contributed by atoms with Gasteiger partial charge in [-0.15, -0.1) is 0 Å². The van der Waals surface area contributed by atoms with Crippen LogP contribution in [-0.4, -0.2) is 24.8 Å². The summed E-state index contributed by atoms with van der Waals surface area (Å²) in [6.45, 7) is 2.10. The van der Waals surface area contributed by atoms with E-state index in [1.807, 2.05) is 18.2 Å². The van der Waals surface area contributed by atoms with E-state index in [1.54, 1.807) is 37.3 Å². The molecule has 1 heterocycles. The van der Waals surface area contributed by atoms with E-state index in [9.17, 15) is 9.59 Å². The number of carbonyl (C=O) groups excluding carboxylic acids is 2. The second-order valence-corrected chi connectivity index (χ2v) is 5.47. The Labute approximate surface area is 144 Å². The van der Waals surface area contributed by atoms with Crippen molar-refractivity contribution in [2.45, 2.75) is 19.5 Å². The maximum Gasteiger partial charge on any atom is 0.413 e. The van der Waals surface area contributed by atoms with Gasteiger partial charge in [-0.25, -0.2) is 4.79 Å². The molecule has 0 radical (unpaired) electrons. The van der Waals surface area contributed by atoms with E-state index >= 15 is 0 Å². The Balaban J connectivity index is 1.46. The lowest BCUT2D eigenvalue weighted by atomic mass is 10.2. The highest BCUT2D eigenvalue weighted by Gasteiger charge is 2.17. The first-order valence-electron chi connectivity index (χ1n) is 7.81. The summed E-state index contributed by atoms with van der Waals surface area (Å²) >= 11 is 0. The van der Waals surface area contributed by atoms with Gasteiger partial charge >= 0.3 is 6.09 Å². The zero-order valence-corrected chi connectivity index (χ0v) is 13.7. The van der Waals surface area contributed by atoms with E-state index in [-0.39, 0.29) is 12.7 Å². The van der Waals surface area contributed by atoms with Crippen molar-refractivity contribution < 1.29 is 23.8 Å². The van der Waals surface area contributed by atoms with Crippen molar-refractivity contribution in [3.63, 3.8) is 0 Å². The number of fused-ring (bicyclic) bond motifs is 1. The summed E-state index contributed by atoms with van der Waals surface area (Å²) in [5, 5.41) is 5.24. The van der Waals surface area contributed by atoms with Gasteiger partial charge < -0.3 is 24.8 Å². The average Bonchev–Trinajstić information content (AvgIpc) is 3.08. The molecule has 7 heteroatoms. The minimum Gasteiger partial charge on any atom is -0.454 e. The number of nitrogens with one attached hydrogen (secondary N) is 2. The fraction of sp³-hybridized carbons (Fsp3) is 0.222. The summed E-state index contributed by atoms with van der Waals surface area (Å²) in [7, 11) is 0. The minimum absolute atomic E-state index is 0.204. The lowest BCUT2D eigenvalue weighted by molar-refractivity contribution is -0.122. The van der Waals surface area contributed by atoms with Gasteiger partial charge in [0.25, 0.3) is 0 Å². The van der Waals surface area contributed by atoms with E-state index in [2.05, 4.69) is 10.6 Å². The quantitative estimate of drug-likeness (QED) is 0.870. The fourth-order valence-electron chi connectivity index (χ4n) is 2.26. The Kier molecular flexibility index (Phi) is 5.03. The van der Waals surface area contributed by atoms with E-state index < -0.39 is 12.1 Å². The highest BCUT2D eigenvalue weighted by Crippen LogP contribution is 2.32. The normalized spacial score (nSPS) is 13.0. The molecular formula is C18H18N2O5. The number of rotatable bonds is 5. The first kappa shape index (κ1) is 16.6. The predicted octanol–water partition coefficient (Wildman–Crippen LogP) is 2.21. The van der Waals surface area contributed by atoms with Gasteiger partial charge in [0.05, 0.1) is 0 Å². The highest BCUT2D eigenvalue weighted by molar-refractivity contribution is 5.85. The molecule has 0 spiro atoms. The molecule has 0 aromatic heterocycles. The molecule has 0 aliphatic carbocycles. The molecule has 2 aromatic carbocycles. The molecule has 2 N–H and O–H groups in total. The third kappa shape index (κ3) is 4.41. The van der Waals surface area contributed by atoms with E-state index in [1.165, 1.54) is 0 Å². The van der Waals surface area contributed by atoms with E-state index in [0.29, 0.717) is 23.8 Å². The van der Waals surface area contributed by atoms with E-state index in [0.717, 1.165) is 5.56 Å². The largest absolute Gasteiger partial charge is 0.454 e. The second-order valence-electron chi connectivity index (χ2n) is 5.47. The highest BCUT2D eigenvalue weighted by atomic mass is 16.7. The van der Waals surface area contributed by atoms with Crippen LogP contribution in [0.15, 0.2) is 48.5 Å². The minimum atomic E-state index is -0.731. The molecule has 1 aliphatic rings. The van der Waals surface area contributed by atoms with Gasteiger partial charge in [-0.2, -0.15) is 0 Å². The topological polar surface area (TPSA) is 85.9 Å². The van der Waals surface area contributed by atoms with Crippen LogP contribution >= 0.6 is 0 Å². The molecule has 0 saturated carbocycles. The smallest absolute Gasteiger partial charge is 0.413 e. The summed E-state index contributed by atoms with van der Waals surface area (Å²) in [4.78, 5) is 23.9. The second kappa shape index (κ2) is 7.57. The standard InChI is InChI=1S/C18H18N2O5/c1-12(20-18(22)25-14-5-3-2-4-6-14)17(21)19-10-13-7-8-15-16(9-13)24-11-23-15/h2-9,12H,10-11H2,1H3,(H,19,21)(H,20,22)/t12-/m0/s1. The van der Waals surface area contributed by atoms with Crippen molar-refractivity contribution in [2.24, 2.45) is 0 Å². The third-order valence-corrected chi connectivity index (χ3v) is 3.59. The summed E-state index contributed by atoms with van der Waals surface area (Å²) < 4.78 is 15.6. The molecule has 0 saturated heterocycles. The van der Waals surface area contributed by atoms with Crippen molar-refractivity contribution in [1.29, 1.82) is 0 Å². The van der Waals surface area contributed by atoms with Gasteiger partial charge in [-0.3, -0.25) is 4.79 Å². The van der Waals surface area contributed by atoms with Crippen LogP contribution in [0.5, 0.6) is 17.2 Å². The zero-order chi connectivity index (χ0) is 17.6. The molecule has 0 fully saturated rings. The molecule has 130 valence electrons. The average molecular weight is 342 g/mol. The Hall–Kier alpha value is -3.22. The number of carbonyl (C=O) groups is 2. The maximum absolute atomic E-state index is 12.1. The molecule has 0 bridgehead atoms. The van der Waals surface area contributed by atoms with Crippen molar-refractivity contribution in [1.82, 2.24) is 10.6 Å². The van der Waals surface area contributed by atoms with Gasteiger partial charge in [0, 0.05) is 6.54 Å². The van der Waals surface area contributed by atoms with Crippen molar-refractivity contribution >= 4 is 12.0 Å². The molecular weight excluding hydrogens is 324 g/mol. The number of ether oxygens (including phenoxy) is 3. The van der Waals surface area contributed by atoms with Crippen LogP contribution in [0.2, 0.25) is 0 Å². The fourth-order valence-corrected chi connectivity index (χ4v) is 2.26. The van der Waals surface area contributed by atoms with Crippen LogP contribution in [0.3, 0.4) is 0 Å². The molecule has 7 nitrogen and oxygen atoms in total. The molecule has 1 aliphatic heterocycles. The molecule has 2 aromatic rings. The number of amides is 2. The molecule has 1 atom stereocenters. The summed E-state index contributed by atoms with van der Waals surface area (Å²) in [6.07, 6.45) is -0.683. The van der Waals surface area contributed by atoms with Crippen molar-refractivity contribution in [2.75, 3.05) is 6.79 Å². The Morgan fingerprint density at radius 1 is 1.12 bits per heavy atom. The van der Waals surface area contributed by atoms with E-state index in [4.69, 9.17) is 14.2 Å². The first-order chi connectivity index (χ1) is 12.1. The van der Waals surface area contributed by atoms with Gasteiger partial charge in [0.2, 0.25) is 12.7 Å². The number of benzene rings is 2. The number of hydrogen-bond acceptors (Lipinski definition) is 5. The summed E-state index contributed by atoms with van der Waals surface area (Å²) in [5.74, 6) is 1.44. The third-order valence-electron chi connectivity index (χ3n) is 3.59. The van der Waals surface area contributed by atoms with Crippen LogP contribution < -0.4 is 24.8 Å². The SMILES string of the molecule is C[C@H](NC(=O)Oc1ccccc1)C(=O)NCc1ccc2c(c1)OCO2. The molecule has 3 rings (SSSR count). The monoisotopic (exact) mass is 342 g/mol. The number of para-hydroxylation sites is 1. The lowest BCUT2D eigenvalue weighted by Gasteiger charge is -2.14. The predicted molar refractivity (Wildman–Crippen MR) is 89.5 cm³/mol. The van der Waals surface area contributed by atoms with Crippen molar-refractivity contribution in [3.8, 4) is 17.2 Å². The van der Waals surface area contributed by atoms with Gasteiger partial charge in [-0.1, -0.05) is 24.3 Å². The molecule has 25 heavy (non-hydrogen) atoms. The zero-order valence-electron chi connectivity index (χ0n) is 13.7. The van der Waals surface area contributed by atoms with Gasteiger partial charge in [0.15, 0.2) is 11.5 Å². The Morgan fingerprint density at radius 2 is 1.88 bits per heavy atom. The number of hydrogen-bond donors (Lipinski definition) is 2. The van der Waals surface area contributed by atoms with Crippen LogP contribution in [0.25, 0.3) is 0 Å². The first-order valence-corrected chi connectivity index (χ1v) is 7.81. The maximum atomic E-state index is 12.1. The Morgan fingerprint density at radius 3 is 2.68 bits per heavy atom. The van der Waals surface area contributed by atoms with Gasteiger partial charge in [-0.05, 0) is 36.8 Å². The van der Waals surface area contributed by atoms with Crippen LogP contribution in [-0.2, 0) is 11.3 Å². The van der Waals surface area contributed by atoms with Crippen LogP contribution in [0.4, 0.5) is 4.79 Å². The Bertz CT molecular complexity index is 763. The van der Waals surface area contributed by atoms with Crippen molar-refractivity contribution in [3.05, 3.63) is 54.1 Å². The van der Waals surface area contributed by atoms with Crippen LogP contribution in [0, 0.1) is 0 Å². The summed E-state index contributed by atoms with van der Waals surface area (Å²) in [6, 6.07) is 13.4.